The van der Waals surface area contributed by atoms with Crippen molar-refractivity contribution < 1.29 is 9.32 Å². The van der Waals surface area contributed by atoms with Gasteiger partial charge in [-0.1, -0.05) is 52.3 Å². The van der Waals surface area contributed by atoms with Gasteiger partial charge in [0.05, 0.1) is 21.3 Å². The third-order valence-electron chi connectivity index (χ3n) is 4.22. The van der Waals surface area contributed by atoms with E-state index in [0.717, 1.165) is 21.9 Å². The number of carbonyl (C=O) groups is 1. The average molecular weight is 491 g/mol. The second kappa shape index (κ2) is 9.82. The highest BCUT2D eigenvalue weighted by atomic mass is 35.5. The van der Waals surface area contributed by atoms with E-state index in [4.69, 9.17) is 27.7 Å². The molecule has 1 N–H and O–H groups in total. The van der Waals surface area contributed by atoms with E-state index >= 15 is 0 Å². The van der Waals surface area contributed by atoms with Gasteiger partial charge in [0.1, 0.15) is 10.8 Å². The van der Waals surface area contributed by atoms with Gasteiger partial charge in [-0.05, 0) is 30.7 Å². The van der Waals surface area contributed by atoms with Gasteiger partial charge in [-0.2, -0.15) is 0 Å². The van der Waals surface area contributed by atoms with Crippen molar-refractivity contribution in [2.45, 2.75) is 24.1 Å². The van der Waals surface area contributed by atoms with Crippen LogP contribution in [0.3, 0.4) is 0 Å². The van der Waals surface area contributed by atoms with Gasteiger partial charge in [-0.15, -0.1) is 11.3 Å². The number of rotatable bonds is 7. The molecule has 1 aromatic carbocycles. The molecule has 158 valence electrons. The fraction of sp³-hybridized carbons (Fsp3) is 0.143. The van der Waals surface area contributed by atoms with E-state index < -0.39 is 0 Å². The van der Waals surface area contributed by atoms with Crippen molar-refractivity contribution in [1.29, 1.82) is 0 Å². The molecule has 10 heteroatoms. The molecular formula is C21H16Cl2N4O2S2. The van der Waals surface area contributed by atoms with Crippen molar-refractivity contribution in [3.63, 3.8) is 0 Å². The highest BCUT2D eigenvalue weighted by molar-refractivity contribution is 7.98. The van der Waals surface area contributed by atoms with Gasteiger partial charge in [0.25, 0.3) is 5.91 Å². The second-order valence-electron chi connectivity index (χ2n) is 6.55. The molecule has 0 aliphatic carbocycles. The second-order valence-corrected chi connectivity index (χ2v) is 9.41. The number of amides is 1. The molecule has 0 saturated heterocycles. The largest absolute Gasteiger partial charge is 0.361 e. The Hall–Kier alpha value is -2.39. The topological polar surface area (TPSA) is 80.9 Å². The summed E-state index contributed by atoms with van der Waals surface area (Å²) in [5.41, 5.74) is 2.18. The lowest BCUT2D eigenvalue weighted by molar-refractivity contribution is 0.102. The third kappa shape index (κ3) is 5.46. The van der Waals surface area contributed by atoms with Gasteiger partial charge in [-0.3, -0.25) is 10.1 Å². The molecule has 0 bridgehead atoms. The first kappa shape index (κ1) is 21.8. The zero-order chi connectivity index (χ0) is 21.8. The fourth-order valence-corrected chi connectivity index (χ4v) is 4.88. The van der Waals surface area contributed by atoms with Crippen molar-refractivity contribution in [1.82, 2.24) is 15.1 Å². The molecule has 0 unspecified atom stereocenters. The van der Waals surface area contributed by atoms with Gasteiger partial charge in [0, 0.05) is 35.5 Å². The predicted molar refractivity (Wildman–Crippen MR) is 124 cm³/mol. The van der Waals surface area contributed by atoms with Crippen LogP contribution < -0.4 is 5.32 Å². The number of aromatic nitrogens is 3. The van der Waals surface area contributed by atoms with E-state index in [0.29, 0.717) is 37.9 Å². The lowest BCUT2D eigenvalue weighted by Gasteiger charge is -2.06. The average Bonchev–Trinajstić information content (AvgIpc) is 3.38. The summed E-state index contributed by atoms with van der Waals surface area (Å²) in [5.74, 6) is 1.03. The van der Waals surface area contributed by atoms with Crippen molar-refractivity contribution in [2.75, 3.05) is 5.32 Å². The van der Waals surface area contributed by atoms with E-state index in [1.165, 1.54) is 23.1 Å². The van der Waals surface area contributed by atoms with Crippen LogP contribution in [0, 0.1) is 6.92 Å². The van der Waals surface area contributed by atoms with Crippen molar-refractivity contribution in [2.24, 2.45) is 0 Å². The summed E-state index contributed by atoms with van der Waals surface area (Å²) in [6.07, 6.45) is 3.96. The molecule has 0 aliphatic rings. The molecule has 6 nitrogen and oxygen atoms in total. The minimum atomic E-state index is -0.270. The quantitative estimate of drug-likeness (QED) is 0.307. The van der Waals surface area contributed by atoms with Crippen LogP contribution in [0.5, 0.6) is 0 Å². The lowest BCUT2D eigenvalue weighted by atomic mass is 10.1. The van der Waals surface area contributed by atoms with Gasteiger partial charge in [0.2, 0.25) is 0 Å². The molecular weight excluding hydrogens is 475 g/mol. The third-order valence-corrected chi connectivity index (χ3v) is 7.03. The number of anilines is 1. The number of halogens is 2. The van der Waals surface area contributed by atoms with Gasteiger partial charge in [0.15, 0.2) is 5.13 Å². The molecule has 31 heavy (non-hydrogen) atoms. The maximum Gasteiger partial charge on any atom is 0.260 e. The Morgan fingerprint density at radius 3 is 2.90 bits per heavy atom. The van der Waals surface area contributed by atoms with Crippen LogP contribution in [0.2, 0.25) is 10.0 Å². The van der Waals surface area contributed by atoms with Crippen LogP contribution in [-0.4, -0.2) is 21.0 Å². The SMILES string of the molecule is Cc1cc(CSc2ncccc2C(=O)Nc2ncc(Cc3cccc(Cl)c3Cl)s2)no1. The molecule has 0 aliphatic heterocycles. The monoisotopic (exact) mass is 490 g/mol. The van der Waals surface area contributed by atoms with Crippen molar-refractivity contribution in [3.05, 3.63) is 86.3 Å². The van der Waals surface area contributed by atoms with E-state index in [9.17, 15) is 4.79 Å². The molecule has 1 amide bonds. The number of nitrogens with one attached hydrogen (secondary N) is 1. The number of aryl methyl sites for hydroxylation is 1. The first-order valence-electron chi connectivity index (χ1n) is 9.18. The number of benzene rings is 1. The van der Waals surface area contributed by atoms with Gasteiger partial charge < -0.3 is 4.52 Å². The molecule has 3 heterocycles. The highest BCUT2D eigenvalue weighted by Crippen LogP contribution is 2.30. The number of hydrogen-bond donors (Lipinski definition) is 1. The normalized spacial score (nSPS) is 10.9. The Morgan fingerprint density at radius 1 is 1.23 bits per heavy atom. The van der Waals surface area contributed by atoms with Crippen molar-refractivity contribution >= 4 is 57.3 Å². The Kier molecular flexibility index (Phi) is 6.92. The van der Waals surface area contributed by atoms with Crippen LogP contribution in [-0.2, 0) is 12.2 Å². The maximum absolute atomic E-state index is 12.8. The number of thiazole rings is 1. The van der Waals surface area contributed by atoms with E-state index in [1.54, 1.807) is 30.6 Å². The number of pyridine rings is 1. The molecule has 0 radical (unpaired) electrons. The summed E-state index contributed by atoms with van der Waals surface area (Å²) in [6, 6.07) is 10.8. The fourth-order valence-electron chi connectivity index (χ4n) is 2.79. The number of carbonyl (C=O) groups excluding carboxylic acids is 1. The molecule has 0 saturated carbocycles. The summed E-state index contributed by atoms with van der Waals surface area (Å²) in [6.45, 7) is 1.84. The Morgan fingerprint density at radius 2 is 2.10 bits per heavy atom. The molecule has 0 atom stereocenters. The van der Waals surface area contributed by atoms with Gasteiger partial charge in [-0.25, -0.2) is 9.97 Å². The molecule has 4 aromatic rings. The maximum atomic E-state index is 12.8. The summed E-state index contributed by atoms with van der Waals surface area (Å²) < 4.78 is 5.08. The highest BCUT2D eigenvalue weighted by Gasteiger charge is 2.16. The van der Waals surface area contributed by atoms with Crippen LogP contribution >= 0.6 is 46.3 Å². The molecule has 0 fully saturated rings. The summed E-state index contributed by atoms with van der Waals surface area (Å²) in [4.78, 5) is 22.5. The molecule has 3 aromatic heterocycles. The summed E-state index contributed by atoms with van der Waals surface area (Å²) in [5, 5.41) is 8.99. The summed E-state index contributed by atoms with van der Waals surface area (Å²) in [7, 11) is 0. The zero-order valence-electron chi connectivity index (χ0n) is 16.3. The van der Waals surface area contributed by atoms with E-state index in [2.05, 4.69) is 20.4 Å². The van der Waals surface area contributed by atoms with Crippen LogP contribution in [0.4, 0.5) is 5.13 Å². The Labute approximate surface area is 197 Å². The molecule has 0 spiro atoms. The minimum Gasteiger partial charge on any atom is -0.361 e. The predicted octanol–water partition coefficient (Wildman–Crippen LogP) is 6.28. The van der Waals surface area contributed by atoms with Crippen LogP contribution in [0.1, 0.15) is 32.3 Å². The number of hydrogen-bond acceptors (Lipinski definition) is 7. The lowest BCUT2D eigenvalue weighted by Crippen LogP contribution is -2.13. The van der Waals surface area contributed by atoms with Crippen molar-refractivity contribution in [3.8, 4) is 0 Å². The van der Waals surface area contributed by atoms with Crippen LogP contribution in [0.15, 0.2) is 58.3 Å². The smallest absolute Gasteiger partial charge is 0.260 e. The standard InChI is InChI=1S/C21H16Cl2N4O2S2/c1-12-8-14(27-29-12)11-30-20-16(5-3-7-24-20)19(28)26-21-25-10-15(31-21)9-13-4-2-6-17(22)18(13)23/h2-8,10H,9,11H2,1H3,(H,25,26,28). The Bertz CT molecular complexity index is 1230. The zero-order valence-corrected chi connectivity index (χ0v) is 19.4. The minimum absolute atomic E-state index is 0.270. The molecule has 4 rings (SSSR count). The Balaban J connectivity index is 1.43. The first-order valence-corrected chi connectivity index (χ1v) is 11.7. The van der Waals surface area contributed by atoms with Crippen LogP contribution in [0.25, 0.3) is 0 Å². The summed E-state index contributed by atoms with van der Waals surface area (Å²) >= 11 is 15.2. The number of nitrogens with zero attached hydrogens (tertiary/aromatic N) is 3. The van der Waals surface area contributed by atoms with E-state index in [-0.39, 0.29) is 5.91 Å². The number of thioether (sulfide) groups is 1. The first-order chi connectivity index (χ1) is 15.0. The van der Waals surface area contributed by atoms with Gasteiger partial charge >= 0.3 is 0 Å². The van der Waals surface area contributed by atoms with E-state index in [1.807, 2.05) is 25.1 Å².